The van der Waals surface area contributed by atoms with Crippen LogP contribution in [0.4, 0.5) is 0 Å². The van der Waals surface area contributed by atoms with Crippen LogP contribution in [-0.2, 0) is 0 Å². The van der Waals surface area contributed by atoms with Crippen LogP contribution >= 0.6 is 0 Å². The van der Waals surface area contributed by atoms with Gasteiger partial charge in [-0.2, -0.15) is 0 Å². The largest absolute Gasteiger partial charge is 0.502 e. The van der Waals surface area contributed by atoms with E-state index in [1.54, 1.807) is 18.3 Å². The number of hydrogen-bond acceptors (Lipinski definition) is 3. The van der Waals surface area contributed by atoms with Crippen LogP contribution in [0.15, 0.2) is 29.3 Å². The van der Waals surface area contributed by atoms with Crippen LogP contribution in [0.5, 0.6) is 5.75 Å². The van der Waals surface area contributed by atoms with Crippen LogP contribution < -0.4 is 5.56 Å². The lowest BCUT2D eigenvalue weighted by Gasteiger charge is -2.00. The Hall–Kier alpha value is -1.84. The molecule has 0 unspecified atom stereocenters. The molecule has 0 bridgehead atoms. The van der Waals surface area contributed by atoms with Gasteiger partial charge < -0.3 is 5.11 Å². The summed E-state index contributed by atoms with van der Waals surface area (Å²) >= 11 is 0. The SMILES string of the molecule is Cc1ccn2c(=O)c(O)cnc2c1. The van der Waals surface area contributed by atoms with Crippen molar-refractivity contribution in [3.63, 3.8) is 0 Å². The highest BCUT2D eigenvalue weighted by Gasteiger charge is 2.01. The summed E-state index contributed by atoms with van der Waals surface area (Å²) in [4.78, 5) is 15.2. The Morgan fingerprint density at radius 1 is 1.54 bits per heavy atom. The molecule has 1 N–H and O–H groups in total. The Balaban J connectivity index is 2.95. The van der Waals surface area contributed by atoms with Crippen LogP contribution in [0.1, 0.15) is 5.56 Å². The normalized spacial score (nSPS) is 10.5. The van der Waals surface area contributed by atoms with Gasteiger partial charge in [0.15, 0.2) is 0 Å². The third-order valence-corrected chi connectivity index (χ3v) is 1.85. The molecule has 66 valence electrons. The summed E-state index contributed by atoms with van der Waals surface area (Å²) in [7, 11) is 0. The van der Waals surface area contributed by atoms with Gasteiger partial charge in [0.1, 0.15) is 5.65 Å². The molecule has 0 spiro atoms. The smallest absolute Gasteiger partial charge is 0.300 e. The molecule has 2 rings (SSSR count). The monoisotopic (exact) mass is 176 g/mol. The average molecular weight is 176 g/mol. The number of nitrogens with zero attached hydrogens (tertiary/aromatic N) is 2. The Morgan fingerprint density at radius 3 is 3.08 bits per heavy atom. The minimum Gasteiger partial charge on any atom is -0.502 e. The Bertz CT molecular complexity index is 516. The highest BCUT2D eigenvalue weighted by atomic mass is 16.3. The van der Waals surface area contributed by atoms with Gasteiger partial charge in [0, 0.05) is 6.20 Å². The second-order valence-corrected chi connectivity index (χ2v) is 2.88. The lowest BCUT2D eigenvalue weighted by atomic mass is 10.3. The third kappa shape index (κ3) is 1.16. The van der Waals surface area contributed by atoms with Gasteiger partial charge >= 0.3 is 0 Å². The summed E-state index contributed by atoms with van der Waals surface area (Å²) < 4.78 is 1.31. The van der Waals surface area contributed by atoms with Gasteiger partial charge in [-0.25, -0.2) is 4.98 Å². The highest BCUT2D eigenvalue weighted by Crippen LogP contribution is 2.04. The Morgan fingerprint density at radius 2 is 2.31 bits per heavy atom. The summed E-state index contributed by atoms with van der Waals surface area (Å²) in [6, 6.07) is 3.57. The van der Waals surface area contributed by atoms with Crippen LogP contribution in [0.2, 0.25) is 0 Å². The van der Waals surface area contributed by atoms with Gasteiger partial charge in [-0.05, 0) is 24.6 Å². The number of pyridine rings is 1. The van der Waals surface area contributed by atoms with Crippen LogP contribution in [-0.4, -0.2) is 14.5 Å². The molecule has 2 aromatic heterocycles. The molecule has 2 aromatic rings. The second-order valence-electron chi connectivity index (χ2n) is 2.88. The van der Waals surface area contributed by atoms with Crippen molar-refractivity contribution in [1.82, 2.24) is 9.38 Å². The van der Waals surface area contributed by atoms with Crippen LogP contribution in [0, 0.1) is 6.92 Å². The zero-order valence-corrected chi connectivity index (χ0v) is 7.06. The van der Waals surface area contributed by atoms with E-state index in [0.717, 1.165) is 11.8 Å². The number of aromatic nitrogens is 2. The summed E-state index contributed by atoms with van der Waals surface area (Å²) in [5.74, 6) is -0.332. The molecular weight excluding hydrogens is 168 g/mol. The van der Waals surface area contributed by atoms with Gasteiger partial charge in [-0.15, -0.1) is 0 Å². The fraction of sp³-hybridized carbons (Fsp3) is 0.111. The molecule has 0 atom stereocenters. The number of aryl methyl sites for hydroxylation is 1. The van der Waals surface area contributed by atoms with Crippen molar-refractivity contribution in [2.24, 2.45) is 0 Å². The second kappa shape index (κ2) is 2.58. The Kier molecular flexibility index (Phi) is 1.55. The van der Waals surface area contributed by atoms with E-state index in [1.165, 1.54) is 4.40 Å². The molecule has 0 radical (unpaired) electrons. The van der Waals surface area contributed by atoms with Gasteiger partial charge in [0.25, 0.3) is 5.56 Å². The van der Waals surface area contributed by atoms with E-state index in [0.29, 0.717) is 5.65 Å². The number of fused-ring (bicyclic) bond motifs is 1. The fourth-order valence-corrected chi connectivity index (χ4v) is 1.17. The third-order valence-electron chi connectivity index (χ3n) is 1.85. The lowest BCUT2D eigenvalue weighted by molar-refractivity contribution is 0.462. The molecule has 0 aliphatic heterocycles. The number of hydrogen-bond donors (Lipinski definition) is 1. The van der Waals surface area contributed by atoms with Crippen LogP contribution in [0.3, 0.4) is 0 Å². The molecule has 13 heavy (non-hydrogen) atoms. The maximum Gasteiger partial charge on any atom is 0.300 e. The fourth-order valence-electron chi connectivity index (χ4n) is 1.17. The summed E-state index contributed by atoms with van der Waals surface area (Å²) in [5.41, 5.74) is 1.13. The lowest BCUT2D eigenvalue weighted by Crippen LogP contribution is -2.13. The molecule has 0 aromatic carbocycles. The molecule has 0 fully saturated rings. The first kappa shape index (κ1) is 7.79. The molecule has 0 amide bonds. The average Bonchev–Trinajstić information content (AvgIpc) is 2.12. The van der Waals surface area contributed by atoms with E-state index in [9.17, 15) is 4.79 Å². The zero-order valence-electron chi connectivity index (χ0n) is 7.06. The first-order valence-corrected chi connectivity index (χ1v) is 3.85. The van der Waals surface area contributed by atoms with E-state index in [4.69, 9.17) is 5.11 Å². The van der Waals surface area contributed by atoms with Gasteiger partial charge in [0.2, 0.25) is 5.75 Å². The maximum absolute atomic E-state index is 11.3. The number of rotatable bonds is 0. The van der Waals surface area contributed by atoms with E-state index in [2.05, 4.69) is 4.98 Å². The first-order chi connectivity index (χ1) is 6.18. The van der Waals surface area contributed by atoms with Crippen molar-refractivity contribution >= 4 is 5.65 Å². The first-order valence-electron chi connectivity index (χ1n) is 3.85. The molecule has 2 heterocycles. The minimum absolute atomic E-state index is 0.332. The highest BCUT2D eigenvalue weighted by molar-refractivity contribution is 5.41. The van der Waals surface area contributed by atoms with Gasteiger partial charge in [-0.1, -0.05) is 0 Å². The van der Waals surface area contributed by atoms with Crippen LogP contribution in [0.25, 0.3) is 5.65 Å². The summed E-state index contributed by atoms with van der Waals surface area (Å²) in [6.45, 7) is 1.92. The molecular formula is C9H8N2O2. The van der Waals surface area contributed by atoms with Gasteiger partial charge in [-0.3, -0.25) is 9.20 Å². The molecule has 0 aliphatic carbocycles. The molecule has 0 saturated heterocycles. The molecule has 0 saturated carbocycles. The van der Waals surface area contributed by atoms with Crippen molar-refractivity contribution in [3.05, 3.63) is 40.4 Å². The quantitative estimate of drug-likeness (QED) is 0.643. The van der Waals surface area contributed by atoms with Crippen molar-refractivity contribution in [1.29, 1.82) is 0 Å². The van der Waals surface area contributed by atoms with E-state index < -0.39 is 5.56 Å². The maximum atomic E-state index is 11.3. The standard InChI is InChI=1S/C9H8N2O2/c1-6-2-3-11-8(4-6)10-5-7(12)9(11)13/h2-5,12H,1H3. The molecule has 4 nitrogen and oxygen atoms in total. The van der Waals surface area contributed by atoms with Crippen molar-refractivity contribution in [2.45, 2.75) is 6.92 Å². The van der Waals surface area contributed by atoms with E-state index in [1.807, 2.05) is 6.92 Å². The van der Waals surface area contributed by atoms with E-state index >= 15 is 0 Å². The molecule has 0 aliphatic rings. The predicted octanol–water partition coefficient (Wildman–Crippen LogP) is 0.709. The summed E-state index contributed by atoms with van der Waals surface area (Å²) in [6.07, 6.45) is 2.76. The Labute approximate surface area is 74.1 Å². The zero-order chi connectivity index (χ0) is 9.42. The predicted molar refractivity (Wildman–Crippen MR) is 47.9 cm³/mol. The number of aromatic hydroxyl groups is 1. The minimum atomic E-state index is -0.440. The topological polar surface area (TPSA) is 54.6 Å². The summed E-state index contributed by atoms with van der Waals surface area (Å²) in [5, 5.41) is 9.09. The van der Waals surface area contributed by atoms with Crippen molar-refractivity contribution < 1.29 is 5.11 Å². The van der Waals surface area contributed by atoms with Gasteiger partial charge in [0.05, 0.1) is 6.20 Å². The van der Waals surface area contributed by atoms with Crippen molar-refractivity contribution in [2.75, 3.05) is 0 Å². The molecule has 4 heteroatoms. The van der Waals surface area contributed by atoms with E-state index in [-0.39, 0.29) is 5.75 Å². The van der Waals surface area contributed by atoms with Crippen molar-refractivity contribution in [3.8, 4) is 5.75 Å².